The van der Waals surface area contributed by atoms with Crippen molar-refractivity contribution in [2.24, 2.45) is 0 Å². The maximum Gasteiger partial charge on any atom is 0.303 e. The minimum atomic E-state index is -0.721. The maximum absolute atomic E-state index is 10.4. The first kappa shape index (κ1) is 15.7. The first-order valence-electron chi connectivity index (χ1n) is 7.33. The normalized spacial score (nSPS) is 11.0. The third-order valence-electron chi connectivity index (χ3n) is 3.26. The van der Waals surface area contributed by atoms with Crippen LogP contribution in [0.2, 0.25) is 0 Å². The number of carbonyl (C=O) groups is 1. The summed E-state index contributed by atoms with van der Waals surface area (Å²) in [6.07, 6.45) is 3.85. The van der Waals surface area contributed by atoms with Gasteiger partial charge in [0.25, 0.3) is 0 Å². The lowest BCUT2D eigenvalue weighted by Crippen LogP contribution is -2.05. The molecule has 0 saturated carbocycles. The van der Waals surface area contributed by atoms with E-state index < -0.39 is 5.97 Å². The van der Waals surface area contributed by atoms with E-state index in [4.69, 9.17) is 5.11 Å². The van der Waals surface area contributed by atoms with Crippen molar-refractivity contribution in [2.75, 3.05) is 11.9 Å². The monoisotopic (exact) mass is 307 g/mol. The number of aryl methyl sites for hydroxylation is 2. The predicted molar refractivity (Wildman–Crippen MR) is 86.1 cm³/mol. The number of thiophene rings is 1. The molecular formula is C15H21N3O2S. The van der Waals surface area contributed by atoms with Crippen molar-refractivity contribution in [3.05, 3.63) is 16.8 Å². The summed E-state index contributed by atoms with van der Waals surface area (Å²) in [4.78, 5) is 21.8. The van der Waals surface area contributed by atoms with Crippen LogP contribution in [0.25, 0.3) is 10.2 Å². The van der Waals surface area contributed by atoms with E-state index >= 15 is 0 Å². The molecule has 0 atom stereocenters. The highest BCUT2D eigenvalue weighted by Crippen LogP contribution is 2.29. The van der Waals surface area contributed by atoms with Crippen molar-refractivity contribution in [1.82, 2.24) is 9.97 Å². The van der Waals surface area contributed by atoms with Crippen LogP contribution in [0.4, 0.5) is 5.82 Å². The predicted octanol–water partition coefficient (Wildman–Crippen LogP) is 3.62. The smallest absolute Gasteiger partial charge is 0.303 e. The molecule has 114 valence electrons. The van der Waals surface area contributed by atoms with Crippen LogP contribution >= 0.6 is 11.3 Å². The van der Waals surface area contributed by atoms with Crippen LogP contribution in [0.3, 0.4) is 0 Å². The minimum absolute atomic E-state index is 0.251. The Morgan fingerprint density at radius 1 is 1.33 bits per heavy atom. The van der Waals surface area contributed by atoms with Crippen LogP contribution in [0.15, 0.2) is 6.07 Å². The van der Waals surface area contributed by atoms with E-state index in [1.54, 1.807) is 11.3 Å². The van der Waals surface area contributed by atoms with Gasteiger partial charge in [-0.3, -0.25) is 4.79 Å². The van der Waals surface area contributed by atoms with Gasteiger partial charge in [-0.2, -0.15) is 0 Å². The average Bonchev–Trinajstić information content (AvgIpc) is 2.85. The highest BCUT2D eigenvalue weighted by Gasteiger charge is 2.09. The molecular weight excluding hydrogens is 286 g/mol. The van der Waals surface area contributed by atoms with Gasteiger partial charge in [0.05, 0.1) is 5.39 Å². The fraction of sp³-hybridized carbons (Fsp3) is 0.533. The number of rotatable bonds is 8. The van der Waals surface area contributed by atoms with Gasteiger partial charge < -0.3 is 10.4 Å². The standard InChI is InChI=1S/C15H21N3O2S/c1-3-11-9-12-14(17-10(2)18-15(12)21-11)16-8-6-4-5-7-13(19)20/h9H,3-8H2,1-2H3,(H,19,20)(H,16,17,18). The van der Waals surface area contributed by atoms with E-state index in [0.29, 0.717) is 0 Å². The van der Waals surface area contributed by atoms with Gasteiger partial charge in [-0.25, -0.2) is 9.97 Å². The van der Waals surface area contributed by atoms with E-state index in [9.17, 15) is 4.79 Å². The molecule has 0 aliphatic carbocycles. The van der Waals surface area contributed by atoms with Crippen LogP contribution in [0.1, 0.15) is 43.3 Å². The molecule has 0 unspecified atom stereocenters. The summed E-state index contributed by atoms with van der Waals surface area (Å²) in [5.74, 6) is 0.952. The van der Waals surface area contributed by atoms with Gasteiger partial charge in [-0.1, -0.05) is 13.3 Å². The summed E-state index contributed by atoms with van der Waals surface area (Å²) in [6, 6.07) is 2.16. The maximum atomic E-state index is 10.4. The van der Waals surface area contributed by atoms with E-state index in [-0.39, 0.29) is 6.42 Å². The molecule has 0 fully saturated rings. The van der Waals surface area contributed by atoms with Crippen molar-refractivity contribution in [2.45, 2.75) is 46.0 Å². The highest BCUT2D eigenvalue weighted by atomic mass is 32.1. The number of nitrogens with one attached hydrogen (secondary N) is 1. The molecule has 0 aromatic carbocycles. The number of unbranched alkanes of at least 4 members (excludes halogenated alkanes) is 2. The molecule has 0 aliphatic heterocycles. The molecule has 0 saturated heterocycles. The molecule has 2 aromatic rings. The summed E-state index contributed by atoms with van der Waals surface area (Å²) in [5, 5.41) is 13.0. The summed E-state index contributed by atoms with van der Waals surface area (Å²) in [5.41, 5.74) is 0. The third kappa shape index (κ3) is 4.39. The van der Waals surface area contributed by atoms with Gasteiger partial charge in [0.2, 0.25) is 0 Å². The number of fused-ring (bicyclic) bond motifs is 1. The number of hydrogen-bond donors (Lipinski definition) is 2. The van der Waals surface area contributed by atoms with Crippen molar-refractivity contribution in [3.8, 4) is 0 Å². The molecule has 21 heavy (non-hydrogen) atoms. The van der Waals surface area contributed by atoms with Crippen molar-refractivity contribution >= 4 is 33.3 Å². The molecule has 5 nitrogen and oxygen atoms in total. The zero-order chi connectivity index (χ0) is 15.2. The lowest BCUT2D eigenvalue weighted by atomic mass is 10.2. The van der Waals surface area contributed by atoms with Crippen molar-refractivity contribution in [3.63, 3.8) is 0 Å². The molecule has 0 amide bonds. The Morgan fingerprint density at radius 3 is 2.86 bits per heavy atom. The second kappa shape index (κ2) is 7.36. The number of carboxylic acids is 1. The first-order valence-corrected chi connectivity index (χ1v) is 8.14. The van der Waals surface area contributed by atoms with Gasteiger partial charge in [-0.05, 0) is 32.3 Å². The molecule has 2 N–H and O–H groups in total. The van der Waals surface area contributed by atoms with Gasteiger partial charge in [-0.15, -0.1) is 11.3 Å². The molecule has 0 radical (unpaired) electrons. The molecule has 0 aliphatic rings. The zero-order valence-corrected chi connectivity index (χ0v) is 13.3. The SMILES string of the molecule is CCc1cc2c(NCCCCCC(=O)O)nc(C)nc2s1. The number of hydrogen-bond acceptors (Lipinski definition) is 5. The van der Waals surface area contributed by atoms with Crippen LogP contribution < -0.4 is 5.32 Å². The highest BCUT2D eigenvalue weighted by molar-refractivity contribution is 7.18. The Balaban J connectivity index is 1.94. The quantitative estimate of drug-likeness (QED) is 0.729. The number of aromatic nitrogens is 2. The van der Waals surface area contributed by atoms with Gasteiger partial charge in [0, 0.05) is 17.8 Å². The Kier molecular flexibility index (Phi) is 5.50. The van der Waals surface area contributed by atoms with Crippen LogP contribution in [-0.4, -0.2) is 27.6 Å². The largest absolute Gasteiger partial charge is 0.481 e. The van der Waals surface area contributed by atoms with Crippen LogP contribution in [0, 0.1) is 6.92 Å². The lowest BCUT2D eigenvalue weighted by molar-refractivity contribution is -0.137. The van der Waals surface area contributed by atoms with E-state index in [1.807, 2.05) is 6.92 Å². The lowest BCUT2D eigenvalue weighted by Gasteiger charge is -2.07. The Labute approximate surface area is 128 Å². The van der Waals surface area contributed by atoms with Gasteiger partial charge in [0.15, 0.2) is 0 Å². The zero-order valence-electron chi connectivity index (χ0n) is 12.5. The van der Waals surface area contributed by atoms with E-state index in [2.05, 4.69) is 28.3 Å². The summed E-state index contributed by atoms with van der Waals surface area (Å²) >= 11 is 1.72. The Morgan fingerprint density at radius 2 is 2.14 bits per heavy atom. The fourth-order valence-corrected chi connectivity index (χ4v) is 3.18. The fourth-order valence-electron chi connectivity index (χ4n) is 2.17. The summed E-state index contributed by atoms with van der Waals surface area (Å²) < 4.78 is 0. The average molecular weight is 307 g/mol. The molecule has 2 rings (SSSR count). The number of carboxylic acid groups (broad SMARTS) is 1. The second-order valence-corrected chi connectivity index (χ2v) is 6.15. The van der Waals surface area contributed by atoms with Crippen molar-refractivity contribution < 1.29 is 9.90 Å². The minimum Gasteiger partial charge on any atom is -0.481 e. The summed E-state index contributed by atoms with van der Waals surface area (Å²) in [6.45, 7) is 4.85. The van der Waals surface area contributed by atoms with Crippen LogP contribution in [-0.2, 0) is 11.2 Å². The third-order valence-corrected chi connectivity index (χ3v) is 4.44. The van der Waals surface area contributed by atoms with E-state index in [1.165, 1.54) is 4.88 Å². The van der Waals surface area contributed by atoms with Crippen LogP contribution in [0.5, 0.6) is 0 Å². The van der Waals surface area contributed by atoms with Gasteiger partial charge in [0.1, 0.15) is 16.5 Å². The Bertz CT molecular complexity index is 625. The molecule has 6 heteroatoms. The molecule has 2 heterocycles. The number of anilines is 1. The first-order chi connectivity index (χ1) is 10.1. The van der Waals surface area contributed by atoms with E-state index in [0.717, 1.165) is 54.1 Å². The molecule has 2 aromatic heterocycles. The summed E-state index contributed by atoms with van der Waals surface area (Å²) in [7, 11) is 0. The number of nitrogens with zero attached hydrogens (tertiary/aromatic N) is 2. The second-order valence-electron chi connectivity index (χ2n) is 5.04. The topological polar surface area (TPSA) is 75.1 Å². The van der Waals surface area contributed by atoms with Crippen molar-refractivity contribution in [1.29, 1.82) is 0 Å². The molecule has 0 bridgehead atoms. The van der Waals surface area contributed by atoms with Gasteiger partial charge >= 0.3 is 5.97 Å². The molecule has 0 spiro atoms. The Hall–Kier alpha value is -1.69. The number of aliphatic carboxylic acids is 1.